The smallest absolute Gasteiger partial charge is 0.243 e. The Kier molecular flexibility index (Phi) is 5.31. The van der Waals surface area contributed by atoms with Crippen molar-refractivity contribution in [2.45, 2.75) is 30.1 Å². The first kappa shape index (κ1) is 20.6. The van der Waals surface area contributed by atoms with E-state index in [1.165, 1.54) is 0 Å². The zero-order valence-corrected chi connectivity index (χ0v) is 18.2. The van der Waals surface area contributed by atoms with Gasteiger partial charge in [0.15, 0.2) is 0 Å². The van der Waals surface area contributed by atoms with E-state index in [9.17, 15) is 13.5 Å². The second-order valence-electron chi connectivity index (χ2n) is 8.54. The molecular weight excluding hydrogens is 414 g/mol. The SMILES string of the molecule is CN1CC2CCN(S(=O)(=O)c3ccc(CNC(O)c4ccc5nccn5c4)cc3)C2C1. The summed E-state index contributed by atoms with van der Waals surface area (Å²) in [6.07, 6.45) is 5.47. The fraction of sp³-hybridized carbons (Fsp3) is 0.409. The first-order chi connectivity index (χ1) is 14.9. The minimum Gasteiger partial charge on any atom is -0.374 e. The fourth-order valence-corrected chi connectivity index (χ4v) is 6.47. The summed E-state index contributed by atoms with van der Waals surface area (Å²) in [6.45, 7) is 2.79. The molecule has 2 aliphatic rings. The molecule has 0 amide bonds. The Bertz CT molecular complexity index is 1180. The molecule has 2 N–H and O–H groups in total. The first-order valence-corrected chi connectivity index (χ1v) is 12.0. The van der Waals surface area contributed by atoms with Crippen molar-refractivity contribution in [1.29, 1.82) is 0 Å². The number of benzene rings is 1. The van der Waals surface area contributed by atoms with Crippen LogP contribution in [0.5, 0.6) is 0 Å². The molecule has 0 radical (unpaired) electrons. The number of hydrogen-bond donors (Lipinski definition) is 2. The van der Waals surface area contributed by atoms with Crippen molar-refractivity contribution in [1.82, 2.24) is 23.9 Å². The molecule has 2 aliphatic heterocycles. The van der Waals surface area contributed by atoms with Crippen LogP contribution in [-0.4, -0.2) is 64.8 Å². The summed E-state index contributed by atoms with van der Waals surface area (Å²) < 4.78 is 29.9. The van der Waals surface area contributed by atoms with E-state index in [0.717, 1.165) is 36.3 Å². The van der Waals surface area contributed by atoms with E-state index < -0.39 is 16.3 Å². The highest BCUT2D eigenvalue weighted by Crippen LogP contribution is 2.34. The number of nitrogens with one attached hydrogen (secondary N) is 1. The highest BCUT2D eigenvalue weighted by atomic mass is 32.2. The minimum atomic E-state index is -3.49. The van der Waals surface area contributed by atoms with Gasteiger partial charge in [-0.1, -0.05) is 12.1 Å². The number of fused-ring (bicyclic) bond motifs is 2. The number of pyridine rings is 1. The summed E-state index contributed by atoms with van der Waals surface area (Å²) in [7, 11) is -1.45. The summed E-state index contributed by atoms with van der Waals surface area (Å²) in [5.41, 5.74) is 2.46. The van der Waals surface area contributed by atoms with Gasteiger partial charge in [0.25, 0.3) is 0 Å². The van der Waals surface area contributed by atoms with Crippen LogP contribution in [0.25, 0.3) is 5.65 Å². The molecule has 4 heterocycles. The van der Waals surface area contributed by atoms with E-state index in [1.54, 1.807) is 34.8 Å². The Morgan fingerprint density at radius 1 is 1.19 bits per heavy atom. The number of imidazole rings is 1. The van der Waals surface area contributed by atoms with Gasteiger partial charge >= 0.3 is 0 Å². The average molecular weight is 442 g/mol. The molecule has 2 aromatic heterocycles. The van der Waals surface area contributed by atoms with Gasteiger partial charge in [0.2, 0.25) is 10.0 Å². The number of likely N-dealkylation sites (tertiary alicyclic amines) is 1. The van der Waals surface area contributed by atoms with Crippen LogP contribution in [0.4, 0.5) is 0 Å². The topological polar surface area (TPSA) is 90.2 Å². The van der Waals surface area contributed by atoms with E-state index in [-0.39, 0.29) is 6.04 Å². The summed E-state index contributed by atoms with van der Waals surface area (Å²) in [6, 6.07) is 10.7. The zero-order chi connectivity index (χ0) is 21.6. The second-order valence-corrected chi connectivity index (χ2v) is 10.4. The fourth-order valence-electron chi connectivity index (χ4n) is 4.78. The Balaban J connectivity index is 1.24. The van der Waals surface area contributed by atoms with Crippen molar-refractivity contribution in [3.63, 3.8) is 0 Å². The number of nitrogens with zero attached hydrogens (tertiary/aromatic N) is 4. The normalized spacial score (nSPS) is 23.4. The quantitative estimate of drug-likeness (QED) is 0.563. The lowest BCUT2D eigenvalue weighted by atomic mass is 10.1. The Labute approximate surface area is 182 Å². The summed E-state index contributed by atoms with van der Waals surface area (Å²) in [5, 5.41) is 13.5. The summed E-state index contributed by atoms with van der Waals surface area (Å²) in [4.78, 5) is 6.74. The number of aromatic nitrogens is 2. The van der Waals surface area contributed by atoms with Crippen LogP contribution in [0.3, 0.4) is 0 Å². The molecular formula is C22H27N5O3S. The highest BCUT2D eigenvalue weighted by molar-refractivity contribution is 7.89. The Morgan fingerprint density at radius 3 is 2.81 bits per heavy atom. The third kappa shape index (κ3) is 3.88. The van der Waals surface area contributed by atoms with Gasteiger partial charge in [0, 0.05) is 56.4 Å². The van der Waals surface area contributed by atoms with E-state index in [1.807, 2.05) is 36.0 Å². The van der Waals surface area contributed by atoms with Crippen molar-refractivity contribution >= 4 is 15.7 Å². The van der Waals surface area contributed by atoms with Crippen molar-refractivity contribution in [2.75, 3.05) is 26.7 Å². The van der Waals surface area contributed by atoms with Gasteiger partial charge in [0.1, 0.15) is 11.9 Å². The van der Waals surface area contributed by atoms with Crippen LogP contribution in [0.2, 0.25) is 0 Å². The molecule has 9 heteroatoms. The van der Waals surface area contributed by atoms with Gasteiger partial charge in [-0.15, -0.1) is 0 Å². The number of sulfonamides is 1. The predicted octanol–water partition coefficient (Wildman–Crippen LogP) is 1.44. The van der Waals surface area contributed by atoms with Gasteiger partial charge < -0.3 is 14.4 Å². The molecule has 0 aliphatic carbocycles. The lowest BCUT2D eigenvalue weighted by Gasteiger charge is -2.23. The predicted molar refractivity (Wildman–Crippen MR) is 117 cm³/mol. The molecule has 0 bridgehead atoms. The maximum Gasteiger partial charge on any atom is 0.243 e. The second kappa shape index (κ2) is 7.99. The molecule has 2 saturated heterocycles. The molecule has 164 valence electrons. The van der Waals surface area contributed by atoms with Crippen LogP contribution in [-0.2, 0) is 16.6 Å². The molecule has 0 spiro atoms. The number of hydrogen-bond acceptors (Lipinski definition) is 6. The van der Waals surface area contributed by atoms with Gasteiger partial charge in [-0.05, 0) is 49.2 Å². The van der Waals surface area contributed by atoms with Crippen LogP contribution >= 0.6 is 0 Å². The number of likely N-dealkylation sites (N-methyl/N-ethyl adjacent to an activating group) is 1. The van der Waals surface area contributed by atoms with Crippen LogP contribution in [0, 0.1) is 5.92 Å². The molecule has 3 atom stereocenters. The van der Waals surface area contributed by atoms with Gasteiger partial charge in [-0.2, -0.15) is 4.31 Å². The standard InChI is InChI=1S/C22H27N5O3S/c1-25-13-17-8-10-27(20(17)15-25)31(29,30)19-5-2-16(3-6-19)12-24-22(28)18-4-7-21-23-9-11-26(21)14-18/h2-7,9,11,14,17,20,22,24,28H,8,10,12-13,15H2,1H3. The largest absolute Gasteiger partial charge is 0.374 e. The molecule has 0 saturated carbocycles. The van der Waals surface area contributed by atoms with Crippen molar-refractivity contribution < 1.29 is 13.5 Å². The molecule has 3 unspecified atom stereocenters. The van der Waals surface area contributed by atoms with Gasteiger partial charge in [0.05, 0.1) is 4.90 Å². The molecule has 31 heavy (non-hydrogen) atoms. The molecule has 3 aromatic rings. The Hall–Kier alpha value is -2.30. The highest BCUT2D eigenvalue weighted by Gasteiger charge is 2.45. The first-order valence-electron chi connectivity index (χ1n) is 10.6. The average Bonchev–Trinajstić information content (AvgIpc) is 3.47. The summed E-state index contributed by atoms with van der Waals surface area (Å²) in [5.74, 6) is 0.436. The molecule has 1 aromatic carbocycles. The number of rotatable bonds is 6. The van der Waals surface area contributed by atoms with Gasteiger partial charge in [-0.25, -0.2) is 13.4 Å². The maximum atomic E-state index is 13.2. The lowest BCUT2D eigenvalue weighted by molar-refractivity contribution is 0.136. The number of aliphatic hydroxyl groups excluding tert-OH is 1. The van der Waals surface area contributed by atoms with Crippen LogP contribution in [0.1, 0.15) is 23.8 Å². The van der Waals surface area contributed by atoms with Crippen molar-refractivity contribution in [2.24, 2.45) is 5.92 Å². The van der Waals surface area contributed by atoms with E-state index in [0.29, 0.717) is 23.9 Å². The Morgan fingerprint density at radius 2 is 2.00 bits per heavy atom. The molecule has 5 rings (SSSR count). The van der Waals surface area contributed by atoms with Crippen molar-refractivity contribution in [3.8, 4) is 0 Å². The lowest BCUT2D eigenvalue weighted by Crippen LogP contribution is -2.39. The maximum absolute atomic E-state index is 13.2. The zero-order valence-electron chi connectivity index (χ0n) is 17.4. The monoisotopic (exact) mass is 441 g/mol. The minimum absolute atomic E-state index is 0.0827. The third-order valence-corrected chi connectivity index (χ3v) is 8.37. The van der Waals surface area contributed by atoms with E-state index in [2.05, 4.69) is 15.2 Å². The molecule has 8 nitrogen and oxygen atoms in total. The van der Waals surface area contributed by atoms with Crippen LogP contribution < -0.4 is 5.32 Å². The third-order valence-electron chi connectivity index (χ3n) is 6.44. The van der Waals surface area contributed by atoms with Gasteiger partial charge in [-0.3, -0.25) is 5.32 Å². The van der Waals surface area contributed by atoms with Crippen LogP contribution in [0.15, 0.2) is 59.9 Å². The van der Waals surface area contributed by atoms with E-state index >= 15 is 0 Å². The summed E-state index contributed by atoms with van der Waals surface area (Å²) >= 11 is 0. The van der Waals surface area contributed by atoms with E-state index in [4.69, 9.17) is 0 Å². The van der Waals surface area contributed by atoms with Crippen molar-refractivity contribution in [3.05, 3.63) is 66.1 Å². The number of aliphatic hydroxyl groups is 1. The molecule has 2 fully saturated rings.